The second kappa shape index (κ2) is 5.47. The molecule has 2 aromatic rings. The SMILES string of the molecule is Cc1cnc(Cl)c(NC(=O)c2cc(Cl)ccc2O)c1. The van der Waals surface area contributed by atoms with E-state index in [1.807, 2.05) is 6.92 Å². The van der Waals surface area contributed by atoms with E-state index in [0.29, 0.717) is 10.7 Å². The second-order valence-corrected chi connectivity index (χ2v) is 4.76. The minimum absolute atomic E-state index is 0.0741. The zero-order chi connectivity index (χ0) is 14.0. The summed E-state index contributed by atoms with van der Waals surface area (Å²) in [6.07, 6.45) is 1.59. The number of rotatable bonds is 2. The molecule has 98 valence electrons. The summed E-state index contributed by atoms with van der Waals surface area (Å²) < 4.78 is 0. The molecular weight excluding hydrogens is 287 g/mol. The van der Waals surface area contributed by atoms with Crippen LogP contribution in [-0.4, -0.2) is 16.0 Å². The average molecular weight is 297 g/mol. The maximum atomic E-state index is 12.0. The lowest BCUT2D eigenvalue weighted by molar-refractivity contribution is 0.102. The highest BCUT2D eigenvalue weighted by Crippen LogP contribution is 2.25. The number of pyridine rings is 1. The molecule has 1 aromatic heterocycles. The minimum atomic E-state index is -0.505. The third kappa shape index (κ3) is 3.16. The Balaban J connectivity index is 2.30. The van der Waals surface area contributed by atoms with Crippen LogP contribution >= 0.6 is 23.2 Å². The van der Waals surface area contributed by atoms with Gasteiger partial charge in [0.05, 0.1) is 11.3 Å². The first-order valence-electron chi connectivity index (χ1n) is 5.39. The van der Waals surface area contributed by atoms with Gasteiger partial charge in [-0.15, -0.1) is 0 Å². The van der Waals surface area contributed by atoms with Crippen molar-refractivity contribution in [3.8, 4) is 5.75 Å². The molecule has 2 rings (SSSR count). The van der Waals surface area contributed by atoms with Crippen LogP contribution in [0.4, 0.5) is 5.69 Å². The smallest absolute Gasteiger partial charge is 0.259 e. The number of aromatic hydroxyl groups is 1. The van der Waals surface area contributed by atoms with Gasteiger partial charge in [-0.3, -0.25) is 4.79 Å². The number of phenolic OH excluding ortho intramolecular Hbond substituents is 1. The lowest BCUT2D eigenvalue weighted by Gasteiger charge is -2.09. The number of anilines is 1. The number of carbonyl (C=O) groups excluding carboxylic acids is 1. The number of nitrogens with zero attached hydrogens (tertiary/aromatic N) is 1. The molecule has 2 N–H and O–H groups in total. The zero-order valence-corrected chi connectivity index (χ0v) is 11.5. The van der Waals surface area contributed by atoms with Crippen molar-refractivity contribution in [2.45, 2.75) is 6.92 Å². The van der Waals surface area contributed by atoms with Gasteiger partial charge in [0.2, 0.25) is 0 Å². The van der Waals surface area contributed by atoms with Crippen molar-refractivity contribution >= 4 is 34.8 Å². The summed E-state index contributed by atoms with van der Waals surface area (Å²) in [5.41, 5.74) is 1.31. The lowest BCUT2D eigenvalue weighted by Crippen LogP contribution is -2.13. The van der Waals surface area contributed by atoms with Crippen LogP contribution in [0.1, 0.15) is 15.9 Å². The number of hydrogen-bond acceptors (Lipinski definition) is 3. The van der Waals surface area contributed by atoms with Crippen LogP contribution in [0.5, 0.6) is 5.75 Å². The van der Waals surface area contributed by atoms with Crippen LogP contribution in [0, 0.1) is 6.92 Å². The van der Waals surface area contributed by atoms with Gasteiger partial charge in [0.1, 0.15) is 5.75 Å². The van der Waals surface area contributed by atoms with E-state index in [2.05, 4.69) is 10.3 Å². The van der Waals surface area contributed by atoms with E-state index < -0.39 is 5.91 Å². The monoisotopic (exact) mass is 296 g/mol. The maximum absolute atomic E-state index is 12.0. The van der Waals surface area contributed by atoms with E-state index in [1.54, 1.807) is 12.3 Å². The number of benzene rings is 1. The molecule has 0 aliphatic carbocycles. The molecule has 19 heavy (non-hydrogen) atoms. The summed E-state index contributed by atoms with van der Waals surface area (Å²) >= 11 is 11.7. The molecule has 0 aliphatic rings. The van der Waals surface area contributed by atoms with E-state index in [9.17, 15) is 9.90 Å². The van der Waals surface area contributed by atoms with Gasteiger partial charge in [0, 0.05) is 11.2 Å². The Morgan fingerprint density at radius 1 is 1.32 bits per heavy atom. The van der Waals surface area contributed by atoms with Crippen LogP contribution < -0.4 is 5.32 Å². The Bertz CT molecular complexity index is 645. The quantitative estimate of drug-likeness (QED) is 0.832. The van der Waals surface area contributed by atoms with Gasteiger partial charge in [-0.05, 0) is 36.8 Å². The number of amides is 1. The molecule has 6 heteroatoms. The predicted octanol–water partition coefficient (Wildman–Crippen LogP) is 3.65. The predicted molar refractivity (Wildman–Crippen MR) is 75.1 cm³/mol. The molecule has 0 radical (unpaired) electrons. The summed E-state index contributed by atoms with van der Waals surface area (Å²) in [5, 5.41) is 12.8. The molecule has 0 unspecified atom stereocenters. The third-order valence-electron chi connectivity index (χ3n) is 2.43. The Labute approximate surface area is 120 Å². The van der Waals surface area contributed by atoms with Crippen LogP contribution in [0.3, 0.4) is 0 Å². The largest absolute Gasteiger partial charge is 0.507 e. The molecule has 0 spiro atoms. The molecule has 0 bridgehead atoms. The fraction of sp³-hybridized carbons (Fsp3) is 0.0769. The number of hydrogen-bond donors (Lipinski definition) is 2. The molecule has 1 amide bonds. The molecule has 0 atom stereocenters. The van der Waals surface area contributed by atoms with Crippen molar-refractivity contribution < 1.29 is 9.90 Å². The van der Waals surface area contributed by atoms with Crippen molar-refractivity contribution in [3.63, 3.8) is 0 Å². The van der Waals surface area contributed by atoms with Gasteiger partial charge >= 0.3 is 0 Å². The van der Waals surface area contributed by atoms with Gasteiger partial charge in [-0.1, -0.05) is 23.2 Å². The normalized spacial score (nSPS) is 10.3. The molecule has 0 saturated carbocycles. The summed E-state index contributed by atoms with van der Waals surface area (Å²) in [5.74, 6) is -0.659. The van der Waals surface area contributed by atoms with E-state index in [-0.39, 0.29) is 16.5 Å². The average Bonchev–Trinajstić information content (AvgIpc) is 2.36. The highest BCUT2D eigenvalue weighted by molar-refractivity contribution is 6.33. The van der Waals surface area contributed by atoms with Gasteiger partial charge < -0.3 is 10.4 Å². The van der Waals surface area contributed by atoms with E-state index >= 15 is 0 Å². The highest BCUT2D eigenvalue weighted by Gasteiger charge is 2.13. The van der Waals surface area contributed by atoms with E-state index in [0.717, 1.165) is 5.56 Å². The molecule has 0 fully saturated rings. The molecular formula is C13H10Cl2N2O2. The van der Waals surface area contributed by atoms with Crippen molar-refractivity contribution in [1.82, 2.24) is 4.98 Å². The number of aromatic nitrogens is 1. The molecule has 1 aromatic carbocycles. The zero-order valence-electron chi connectivity index (χ0n) is 9.95. The van der Waals surface area contributed by atoms with Gasteiger partial charge in [0.15, 0.2) is 5.15 Å². The number of halogens is 2. The van der Waals surface area contributed by atoms with Crippen LogP contribution in [0.25, 0.3) is 0 Å². The Morgan fingerprint density at radius 3 is 2.79 bits per heavy atom. The van der Waals surface area contributed by atoms with E-state index in [1.165, 1.54) is 18.2 Å². The van der Waals surface area contributed by atoms with Gasteiger partial charge in [0.25, 0.3) is 5.91 Å². The third-order valence-corrected chi connectivity index (χ3v) is 2.96. The first kappa shape index (κ1) is 13.6. The number of phenols is 1. The molecule has 0 saturated heterocycles. The summed E-state index contributed by atoms with van der Waals surface area (Å²) in [6, 6.07) is 5.92. The fourth-order valence-electron chi connectivity index (χ4n) is 1.52. The van der Waals surface area contributed by atoms with Crippen molar-refractivity contribution in [3.05, 3.63) is 51.8 Å². The fourth-order valence-corrected chi connectivity index (χ4v) is 1.84. The van der Waals surface area contributed by atoms with Gasteiger partial charge in [-0.25, -0.2) is 4.98 Å². The Morgan fingerprint density at radius 2 is 2.05 bits per heavy atom. The lowest BCUT2D eigenvalue weighted by atomic mass is 10.2. The first-order valence-corrected chi connectivity index (χ1v) is 6.15. The van der Waals surface area contributed by atoms with E-state index in [4.69, 9.17) is 23.2 Å². The Hall–Kier alpha value is -1.78. The summed E-state index contributed by atoms with van der Waals surface area (Å²) in [7, 11) is 0. The first-order chi connectivity index (χ1) is 8.97. The van der Waals surface area contributed by atoms with Crippen LogP contribution in [0.2, 0.25) is 10.2 Å². The van der Waals surface area contributed by atoms with Crippen molar-refractivity contribution in [1.29, 1.82) is 0 Å². The number of nitrogens with one attached hydrogen (secondary N) is 1. The molecule has 4 nitrogen and oxygen atoms in total. The molecule has 0 aliphatic heterocycles. The summed E-state index contributed by atoms with van der Waals surface area (Å²) in [6.45, 7) is 1.83. The van der Waals surface area contributed by atoms with Crippen LogP contribution in [-0.2, 0) is 0 Å². The highest BCUT2D eigenvalue weighted by atomic mass is 35.5. The van der Waals surface area contributed by atoms with Crippen molar-refractivity contribution in [2.75, 3.05) is 5.32 Å². The van der Waals surface area contributed by atoms with Crippen molar-refractivity contribution in [2.24, 2.45) is 0 Å². The second-order valence-electron chi connectivity index (χ2n) is 3.97. The molecule has 1 heterocycles. The number of carbonyl (C=O) groups is 1. The van der Waals surface area contributed by atoms with Gasteiger partial charge in [-0.2, -0.15) is 0 Å². The minimum Gasteiger partial charge on any atom is -0.507 e. The number of aryl methyl sites for hydroxylation is 1. The standard InChI is InChI=1S/C13H10Cl2N2O2/c1-7-4-10(12(15)16-6-7)17-13(19)9-5-8(14)2-3-11(9)18/h2-6,18H,1H3,(H,17,19). The maximum Gasteiger partial charge on any atom is 0.259 e. The Kier molecular flexibility index (Phi) is 3.93. The van der Waals surface area contributed by atoms with Crippen LogP contribution in [0.15, 0.2) is 30.5 Å². The topological polar surface area (TPSA) is 62.2 Å². The summed E-state index contributed by atoms with van der Waals surface area (Å²) in [4.78, 5) is 16.0.